The Kier molecular flexibility index (Phi) is 3.89. The molecule has 0 aliphatic heterocycles. The maximum atomic E-state index is 12.7. The van der Waals surface area contributed by atoms with Crippen molar-refractivity contribution >= 4 is 28.1 Å². The van der Waals surface area contributed by atoms with Crippen LogP contribution in [-0.4, -0.2) is 13.0 Å². The summed E-state index contributed by atoms with van der Waals surface area (Å²) in [6, 6.07) is 17.0. The second-order valence-electron chi connectivity index (χ2n) is 5.43. The Morgan fingerprint density at radius 2 is 1.74 bits per heavy atom. The number of hydrogen-bond acceptors (Lipinski definition) is 3. The highest BCUT2D eigenvalue weighted by Crippen LogP contribution is 2.27. The predicted molar refractivity (Wildman–Crippen MR) is 94.0 cm³/mol. The van der Waals surface area contributed by atoms with E-state index in [1.54, 1.807) is 19.2 Å². The van der Waals surface area contributed by atoms with Crippen LogP contribution in [0.4, 0.5) is 11.4 Å². The Hall–Kier alpha value is -3.01. The Bertz CT molecular complexity index is 888. The summed E-state index contributed by atoms with van der Waals surface area (Å²) in [6.45, 7) is 1.91. The van der Waals surface area contributed by atoms with Gasteiger partial charge in [-0.15, -0.1) is 0 Å². The van der Waals surface area contributed by atoms with Crippen molar-refractivity contribution in [2.45, 2.75) is 6.92 Å². The minimum Gasteiger partial charge on any atom is -0.496 e. The summed E-state index contributed by atoms with van der Waals surface area (Å²) in [7, 11) is 1.56. The van der Waals surface area contributed by atoms with Gasteiger partial charge in [0, 0.05) is 11.4 Å². The van der Waals surface area contributed by atoms with Crippen LogP contribution in [0.5, 0.6) is 5.75 Å². The van der Waals surface area contributed by atoms with E-state index < -0.39 is 0 Å². The summed E-state index contributed by atoms with van der Waals surface area (Å²) >= 11 is 0. The van der Waals surface area contributed by atoms with E-state index in [2.05, 4.69) is 5.32 Å². The SMILES string of the molecule is COc1cc2ccccc2cc1C(=O)Nc1ccc(N)cc1C. The molecule has 3 aromatic carbocycles. The first-order valence-corrected chi connectivity index (χ1v) is 7.33. The normalized spacial score (nSPS) is 10.5. The Morgan fingerprint density at radius 3 is 2.39 bits per heavy atom. The molecule has 4 heteroatoms. The first-order chi connectivity index (χ1) is 11.1. The average Bonchev–Trinajstić information content (AvgIpc) is 2.56. The van der Waals surface area contributed by atoms with Gasteiger partial charge in [-0.05, 0) is 53.6 Å². The number of benzene rings is 3. The fraction of sp³-hybridized carbons (Fsp3) is 0.105. The van der Waals surface area contributed by atoms with E-state index in [0.29, 0.717) is 17.0 Å². The van der Waals surface area contributed by atoms with Crippen molar-refractivity contribution in [1.82, 2.24) is 0 Å². The topological polar surface area (TPSA) is 64.3 Å². The van der Waals surface area contributed by atoms with Crippen LogP contribution < -0.4 is 15.8 Å². The van der Waals surface area contributed by atoms with E-state index in [1.165, 1.54) is 0 Å². The van der Waals surface area contributed by atoms with Gasteiger partial charge in [0.1, 0.15) is 5.75 Å². The first kappa shape index (κ1) is 14.9. The van der Waals surface area contributed by atoms with Crippen LogP contribution >= 0.6 is 0 Å². The molecule has 0 saturated carbocycles. The minimum absolute atomic E-state index is 0.208. The number of carbonyl (C=O) groups is 1. The van der Waals surface area contributed by atoms with Crippen LogP contribution in [0, 0.1) is 6.92 Å². The lowest BCUT2D eigenvalue weighted by atomic mass is 10.0. The van der Waals surface area contributed by atoms with Gasteiger partial charge >= 0.3 is 0 Å². The van der Waals surface area contributed by atoms with E-state index in [9.17, 15) is 4.79 Å². The molecular weight excluding hydrogens is 288 g/mol. The molecule has 3 aromatic rings. The molecule has 0 atom stereocenters. The third kappa shape index (κ3) is 2.97. The maximum Gasteiger partial charge on any atom is 0.259 e. The number of nitrogen functional groups attached to an aromatic ring is 1. The lowest BCUT2D eigenvalue weighted by Crippen LogP contribution is -2.14. The van der Waals surface area contributed by atoms with Gasteiger partial charge in [-0.2, -0.15) is 0 Å². The number of nitrogens with two attached hydrogens (primary N) is 1. The summed E-state index contributed by atoms with van der Waals surface area (Å²) in [6.07, 6.45) is 0. The molecule has 0 heterocycles. The summed E-state index contributed by atoms with van der Waals surface area (Å²) in [5, 5.41) is 4.94. The standard InChI is InChI=1S/C19H18N2O2/c1-12-9-15(20)7-8-17(12)21-19(22)16-10-13-5-3-4-6-14(13)11-18(16)23-2/h3-11H,20H2,1-2H3,(H,21,22). The predicted octanol–water partition coefficient (Wildman–Crippen LogP) is 3.99. The van der Waals surface area contributed by atoms with Gasteiger partial charge in [0.05, 0.1) is 12.7 Å². The van der Waals surface area contributed by atoms with E-state index >= 15 is 0 Å². The first-order valence-electron chi connectivity index (χ1n) is 7.33. The lowest BCUT2D eigenvalue weighted by molar-refractivity contribution is 0.102. The third-order valence-electron chi connectivity index (χ3n) is 3.81. The molecule has 0 aromatic heterocycles. The van der Waals surface area contributed by atoms with Gasteiger partial charge in [-0.3, -0.25) is 4.79 Å². The van der Waals surface area contributed by atoms with Gasteiger partial charge in [0.15, 0.2) is 0 Å². The van der Waals surface area contributed by atoms with E-state index in [-0.39, 0.29) is 5.91 Å². The number of aryl methyl sites for hydroxylation is 1. The van der Waals surface area contributed by atoms with E-state index in [0.717, 1.165) is 22.0 Å². The van der Waals surface area contributed by atoms with Crippen molar-refractivity contribution in [3.63, 3.8) is 0 Å². The number of fused-ring (bicyclic) bond motifs is 1. The number of amides is 1. The molecule has 4 nitrogen and oxygen atoms in total. The largest absolute Gasteiger partial charge is 0.496 e. The minimum atomic E-state index is -0.208. The summed E-state index contributed by atoms with van der Waals surface area (Å²) in [4.78, 5) is 12.7. The smallest absolute Gasteiger partial charge is 0.259 e. The van der Waals surface area contributed by atoms with Gasteiger partial charge in [-0.1, -0.05) is 24.3 Å². The van der Waals surface area contributed by atoms with Crippen molar-refractivity contribution in [3.05, 3.63) is 65.7 Å². The highest BCUT2D eigenvalue weighted by molar-refractivity contribution is 6.09. The molecule has 116 valence electrons. The molecule has 0 aliphatic rings. The van der Waals surface area contributed by atoms with Crippen molar-refractivity contribution in [3.8, 4) is 5.75 Å². The number of rotatable bonds is 3. The highest BCUT2D eigenvalue weighted by atomic mass is 16.5. The molecule has 0 fully saturated rings. The Balaban J connectivity index is 1.99. The molecule has 0 radical (unpaired) electrons. The van der Waals surface area contributed by atoms with Gasteiger partial charge < -0.3 is 15.8 Å². The van der Waals surface area contributed by atoms with Crippen molar-refractivity contribution in [2.24, 2.45) is 0 Å². The Labute approximate surface area is 134 Å². The van der Waals surface area contributed by atoms with Crippen molar-refractivity contribution in [2.75, 3.05) is 18.2 Å². The monoisotopic (exact) mass is 306 g/mol. The van der Waals surface area contributed by atoms with E-state index in [4.69, 9.17) is 10.5 Å². The molecule has 1 amide bonds. The van der Waals surface area contributed by atoms with Crippen LogP contribution in [0.2, 0.25) is 0 Å². The highest BCUT2D eigenvalue weighted by Gasteiger charge is 2.14. The van der Waals surface area contributed by atoms with Crippen LogP contribution in [0.1, 0.15) is 15.9 Å². The number of hydrogen-bond donors (Lipinski definition) is 2. The van der Waals surface area contributed by atoms with Crippen LogP contribution in [0.3, 0.4) is 0 Å². The molecule has 0 saturated heterocycles. The summed E-state index contributed by atoms with van der Waals surface area (Å²) in [5.41, 5.74) is 8.57. The second-order valence-corrected chi connectivity index (χ2v) is 5.43. The molecule has 3 rings (SSSR count). The lowest BCUT2D eigenvalue weighted by Gasteiger charge is -2.12. The second kappa shape index (κ2) is 6.01. The number of nitrogens with one attached hydrogen (secondary N) is 1. The molecule has 0 spiro atoms. The molecule has 0 unspecified atom stereocenters. The zero-order valence-electron chi connectivity index (χ0n) is 13.1. The number of ether oxygens (including phenoxy) is 1. The molecule has 0 aliphatic carbocycles. The quantitative estimate of drug-likeness (QED) is 0.719. The number of methoxy groups -OCH3 is 1. The van der Waals surface area contributed by atoms with Crippen LogP contribution in [-0.2, 0) is 0 Å². The molecule has 0 bridgehead atoms. The van der Waals surface area contributed by atoms with Gasteiger partial charge in [-0.25, -0.2) is 0 Å². The number of anilines is 2. The third-order valence-corrected chi connectivity index (χ3v) is 3.81. The van der Waals surface area contributed by atoms with Crippen LogP contribution in [0.25, 0.3) is 10.8 Å². The fourth-order valence-electron chi connectivity index (χ4n) is 2.58. The molecule has 23 heavy (non-hydrogen) atoms. The number of carbonyl (C=O) groups excluding carboxylic acids is 1. The van der Waals surface area contributed by atoms with Crippen LogP contribution in [0.15, 0.2) is 54.6 Å². The average molecular weight is 306 g/mol. The van der Waals surface area contributed by atoms with Crippen molar-refractivity contribution < 1.29 is 9.53 Å². The van der Waals surface area contributed by atoms with Gasteiger partial charge in [0.2, 0.25) is 0 Å². The summed E-state index contributed by atoms with van der Waals surface area (Å²) < 4.78 is 5.38. The fourth-order valence-corrected chi connectivity index (χ4v) is 2.58. The van der Waals surface area contributed by atoms with E-state index in [1.807, 2.05) is 49.4 Å². The Morgan fingerprint density at radius 1 is 1.04 bits per heavy atom. The zero-order chi connectivity index (χ0) is 16.4. The molecule has 3 N–H and O–H groups in total. The molecular formula is C19H18N2O2. The summed E-state index contributed by atoms with van der Waals surface area (Å²) in [5.74, 6) is 0.342. The van der Waals surface area contributed by atoms with Gasteiger partial charge in [0.25, 0.3) is 5.91 Å². The van der Waals surface area contributed by atoms with Crippen molar-refractivity contribution in [1.29, 1.82) is 0 Å². The zero-order valence-corrected chi connectivity index (χ0v) is 13.1. The maximum absolute atomic E-state index is 12.7.